The zero-order valence-electron chi connectivity index (χ0n) is 12.7. The van der Waals surface area contributed by atoms with Gasteiger partial charge in [0.05, 0.1) is 0 Å². The Bertz CT molecular complexity index is 499. The van der Waals surface area contributed by atoms with E-state index in [0.717, 1.165) is 5.56 Å². The van der Waals surface area contributed by atoms with Crippen LogP contribution in [0.3, 0.4) is 0 Å². The average Bonchev–Trinajstić information content (AvgIpc) is 3.19. The third-order valence-electron chi connectivity index (χ3n) is 2.73. The van der Waals surface area contributed by atoms with Crippen LogP contribution in [-0.4, -0.2) is 0 Å². The molecule has 0 aliphatic carbocycles. The minimum absolute atomic E-state index is 0. The molecule has 0 aliphatic heterocycles. The van der Waals surface area contributed by atoms with E-state index < -0.39 is 0 Å². The molecule has 1 radical (unpaired) electrons. The summed E-state index contributed by atoms with van der Waals surface area (Å²) < 4.78 is 0. The Morgan fingerprint density at radius 2 is 1.33 bits per heavy atom. The molecule has 0 atom stereocenters. The molecule has 0 N–H and O–H groups in total. The Morgan fingerprint density at radius 3 is 1.62 bits per heavy atom. The molecule has 0 aliphatic rings. The van der Waals surface area contributed by atoms with Crippen molar-refractivity contribution >= 4 is 6.08 Å². The minimum Gasteiger partial charge on any atom is -0.292 e. The van der Waals surface area contributed by atoms with Crippen LogP contribution in [0.1, 0.15) is 16.7 Å². The largest absolute Gasteiger partial charge is 3.00 e. The Kier molecular flexibility index (Phi) is 11.4. The molecule has 21 heavy (non-hydrogen) atoms. The first kappa shape index (κ1) is 19.5. The molecule has 0 nitrogen and oxygen atoms in total. The van der Waals surface area contributed by atoms with Crippen LogP contribution in [0, 0.1) is 20.4 Å². The number of hydrogen-bond acceptors (Lipinski definition) is 0. The third kappa shape index (κ3) is 9.16. The van der Waals surface area contributed by atoms with Crippen molar-refractivity contribution in [1.29, 1.82) is 0 Å². The van der Waals surface area contributed by atoms with Gasteiger partial charge < -0.3 is 0 Å². The Balaban J connectivity index is 0.000000307. The van der Waals surface area contributed by atoms with Crippen molar-refractivity contribution in [3.8, 4) is 0 Å². The van der Waals surface area contributed by atoms with Crippen LogP contribution in [0.4, 0.5) is 0 Å². The van der Waals surface area contributed by atoms with Gasteiger partial charge in [-0.3, -0.25) is 6.58 Å². The minimum atomic E-state index is 0. The summed E-state index contributed by atoms with van der Waals surface area (Å²) >= 11 is 0. The summed E-state index contributed by atoms with van der Waals surface area (Å²) in [6.45, 7) is 9.51. The van der Waals surface area contributed by atoms with Gasteiger partial charge in [-0.25, -0.2) is 30.3 Å². The van der Waals surface area contributed by atoms with E-state index in [-0.39, 0.29) is 26.2 Å². The van der Waals surface area contributed by atoms with Gasteiger partial charge in [0.1, 0.15) is 0 Å². The molecule has 0 heterocycles. The molecule has 3 aromatic carbocycles. The van der Waals surface area contributed by atoms with E-state index in [1.807, 2.05) is 60.7 Å². The van der Waals surface area contributed by atoms with E-state index in [2.05, 4.69) is 32.0 Å². The molecule has 1 heteroatoms. The topological polar surface area (TPSA) is 0 Å². The summed E-state index contributed by atoms with van der Waals surface area (Å²) in [6, 6.07) is 26.2. The fraction of sp³-hybridized carbons (Fsp3) is 0.100. The second-order valence-corrected chi connectivity index (χ2v) is 4.45. The summed E-state index contributed by atoms with van der Waals surface area (Å²) in [6.07, 6.45) is 1.64. The number of aryl methyl sites for hydroxylation is 2. The van der Waals surface area contributed by atoms with Crippen molar-refractivity contribution in [3.63, 3.8) is 0 Å². The van der Waals surface area contributed by atoms with Crippen LogP contribution in [0.2, 0.25) is 0 Å². The van der Waals surface area contributed by atoms with Gasteiger partial charge in [0.2, 0.25) is 0 Å². The van der Waals surface area contributed by atoms with E-state index in [0.29, 0.717) is 0 Å². The fourth-order valence-corrected chi connectivity index (χ4v) is 1.58. The molecule has 0 spiro atoms. The normalized spacial score (nSPS) is 8.29. The summed E-state index contributed by atoms with van der Waals surface area (Å²) in [5.74, 6) is 0. The molecule has 0 amide bonds. The number of rotatable bonds is 1. The molecular weight excluding hydrogens is 331 g/mol. The van der Waals surface area contributed by atoms with E-state index in [1.54, 1.807) is 6.08 Å². The van der Waals surface area contributed by atoms with Crippen LogP contribution in [0.15, 0.2) is 78.9 Å². The van der Waals surface area contributed by atoms with Gasteiger partial charge in [0, 0.05) is 0 Å². The second-order valence-electron chi connectivity index (χ2n) is 4.45. The maximum Gasteiger partial charge on any atom is 3.00 e. The van der Waals surface area contributed by atoms with Crippen LogP contribution in [0.25, 0.3) is 6.08 Å². The standard InChI is InChI=1S/C10H11.2C5H5.Zr/c1-4-10-7-8(2)5-6-9(10)3;2*1-2-4-5-3-1;/h1,4-7H,2-3H3;2*1-5H;/q3*-1;+3. The van der Waals surface area contributed by atoms with E-state index in [4.69, 9.17) is 6.58 Å². The predicted octanol–water partition coefficient (Wildman–Crippen LogP) is 5.56. The van der Waals surface area contributed by atoms with Crippen molar-refractivity contribution in [1.82, 2.24) is 0 Å². The Labute approximate surface area is 148 Å². The van der Waals surface area contributed by atoms with Gasteiger partial charge >= 0.3 is 26.2 Å². The molecule has 3 rings (SSSR count). The van der Waals surface area contributed by atoms with Crippen LogP contribution < -0.4 is 0 Å². The van der Waals surface area contributed by atoms with Crippen LogP contribution >= 0.6 is 0 Å². The molecule has 0 unspecified atom stereocenters. The first-order valence-electron chi connectivity index (χ1n) is 6.69. The molecule has 3 aromatic rings. The van der Waals surface area contributed by atoms with E-state index in [1.165, 1.54) is 11.1 Å². The second kappa shape index (κ2) is 12.3. The molecule has 0 aromatic heterocycles. The van der Waals surface area contributed by atoms with Crippen molar-refractivity contribution in [3.05, 3.63) is 102 Å². The Hall–Kier alpha value is -1.46. The maximum atomic E-state index is 5.39. The van der Waals surface area contributed by atoms with Gasteiger partial charge in [0.15, 0.2) is 0 Å². The zero-order chi connectivity index (χ0) is 14.6. The summed E-state index contributed by atoms with van der Waals surface area (Å²) in [5.41, 5.74) is 3.61. The molecule has 0 saturated heterocycles. The quantitative estimate of drug-likeness (QED) is 0.503. The molecule has 0 bridgehead atoms. The first-order chi connectivity index (χ1) is 9.74. The van der Waals surface area contributed by atoms with E-state index >= 15 is 0 Å². The van der Waals surface area contributed by atoms with Crippen LogP contribution in [-0.2, 0) is 26.2 Å². The zero-order valence-corrected chi connectivity index (χ0v) is 15.1. The van der Waals surface area contributed by atoms with E-state index in [9.17, 15) is 0 Å². The van der Waals surface area contributed by atoms with Crippen LogP contribution in [0.5, 0.6) is 0 Å². The molecule has 0 saturated carbocycles. The fourth-order valence-electron chi connectivity index (χ4n) is 1.58. The summed E-state index contributed by atoms with van der Waals surface area (Å²) in [5, 5.41) is 0. The molecule has 105 valence electrons. The van der Waals surface area contributed by atoms with Crippen molar-refractivity contribution < 1.29 is 26.2 Å². The van der Waals surface area contributed by atoms with Gasteiger partial charge in [-0.1, -0.05) is 24.6 Å². The average molecular weight is 353 g/mol. The van der Waals surface area contributed by atoms with Crippen molar-refractivity contribution in [2.75, 3.05) is 0 Å². The third-order valence-corrected chi connectivity index (χ3v) is 2.73. The van der Waals surface area contributed by atoms with Crippen molar-refractivity contribution in [2.45, 2.75) is 13.8 Å². The number of hydrogen-bond donors (Lipinski definition) is 0. The predicted molar refractivity (Wildman–Crippen MR) is 88.8 cm³/mol. The SMILES string of the molecule is [CH-]=Cc1cc(C)ccc1C.[Zr+3].c1cc[cH-]c1.c1cc[cH-]c1. The summed E-state index contributed by atoms with van der Waals surface area (Å²) in [4.78, 5) is 0. The van der Waals surface area contributed by atoms with Gasteiger partial charge in [0.25, 0.3) is 0 Å². The Morgan fingerprint density at radius 1 is 0.857 bits per heavy atom. The van der Waals surface area contributed by atoms with Gasteiger partial charge in [-0.05, 0) is 6.92 Å². The maximum absolute atomic E-state index is 5.39. The van der Waals surface area contributed by atoms with Gasteiger partial charge in [-0.2, -0.15) is 42.0 Å². The monoisotopic (exact) mass is 351 g/mol. The van der Waals surface area contributed by atoms with Crippen molar-refractivity contribution in [2.24, 2.45) is 0 Å². The van der Waals surface area contributed by atoms with Gasteiger partial charge in [-0.15, -0.1) is 11.6 Å². The smallest absolute Gasteiger partial charge is 0.292 e. The first-order valence-corrected chi connectivity index (χ1v) is 6.69. The number of benzene rings is 1. The summed E-state index contributed by atoms with van der Waals surface area (Å²) in [7, 11) is 0. The molecular formula is C20H21Zr. The molecule has 0 fully saturated rings.